The fourth-order valence-electron chi connectivity index (χ4n) is 2.62. The van der Waals surface area contributed by atoms with Crippen molar-refractivity contribution in [2.45, 2.75) is 6.61 Å². The van der Waals surface area contributed by atoms with E-state index in [4.69, 9.17) is 9.47 Å². The van der Waals surface area contributed by atoms with E-state index in [1.54, 1.807) is 0 Å². The molecule has 0 radical (unpaired) electrons. The standard InChI is InChI=1S/C22H20O3/c23-16-21-20-11-5-4-10-19(20)12-13-22(21)25-15-7-6-14-24-17-18-8-2-1-3-9-18/h1-13,16H,14-15,17H2/b7-6-. The zero-order valence-corrected chi connectivity index (χ0v) is 13.9. The molecule has 0 fully saturated rings. The maximum atomic E-state index is 11.4. The molecule has 3 heteroatoms. The summed E-state index contributed by atoms with van der Waals surface area (Å²) in [6.45, 7) is 1.51. The van der Waals surface area contributed by atoms with Crippen molar-refractivity contribution in [3.63, 3.8) is 0 Å². The van der Waals surface area contributed by atoms with Gasteiger partial charge in [0.2, 0.25) is 0 Å². The van der Waals surface area contributed by atoms with Gasteiger partial charge >= 0.3 is 0 Å². The first-order valence-corrected chi connectivity index (χ1v) is 8.25. The number of carbonyl (C=O) groups excluding carboxylic acids is 1. The number of hydrogen-bond acceptors (Lipinski definition) is 3. The average Bonchev–Trinajstić information content (AvgIpc) is 2.67. The lowest BCUT2D eigenvalue weighted by atomic mass is 10.0. The van der Waals surface area contributed by atoms with Crippen molar-refractivity contribution < 1.29 is 14.3 Å². The second kappa shape index (κ2) is 8.81. The molecule has 0 N–H and O–H groups in total. The van der Waals surface area contributed by atoms with Gasteiger partial charge in [-0.1, -0.05) is 66.7 Å². The van der Waals surface area contributed by atoms with Crippen LogP contribution in [0, 0.1) is 0 Å². The largest absolute Gasteiger partial charge is 0.489 e. The molecule has 0 saturated carbocycles. The second-order valence-corrected chi connectivity index (χ2v) is 5.60. The van der Waals surface area contributed by atoms with Gasteiger partial charge in [-0.2, -0.15) is 0 Å². The van der Waals surface area contributed by atoms with Gasteiger partial charge < -0.3 is 9.47 Å². The Bertz CT molecular complexity index is 854. The molecule has 0 atom stereocenters. The smallest absolute Gasteiger partial charge is 0.154 e. The summed E-state index contributed by atoms with van der Waals surface area (Å²) in [6.07, 6.45) is 4.67. The Morgan fingerprint density at radius 3 is 2.40 bits per heavy atom. The number of benzene rings is 3. The normalized spacial score (nSPS) is 11.0. The number of ether oxygens (including phenoxy) is 2. The third-order valence-corrected chi connectivity index (χ3v) is 3.88. The molecule has 0 heterocycles. The summed E-state index contributed by atoms with van der Waals surface area (Å²) in [5.74, 6) is 0.601. The van der Waals surface area contributed by atoms with Crippen LogP contribution in [-0.4, -0.2) is 19.5 Å². The molecular weight excluding hydrogens is 312 g/mol. The molecule has 0 bridgehead atoms. The summed E-state index contributed by atoms with van der Waals surface area (Å²) in [6, 6.07) is 21.6. The van der Waals surface area contributed by atoms with Crippen LogP contribution >= 0.6 is 0 Å². The van der Waals surface area contributed by atoms with Gasteiger partial charge in [0.25, 0.3) is 0 Å². The SMILES string of the molecule is O=Cc1c(OC/C=C\COCc2ccccc2)ccc2ccccc12. The minimum atomic E-state index is 0.397. The van der Waals surface area contributed by atoms with E-state index in [0.717, 1.165) is 22.6 Å². The summed E-state index contributed by atoms with van der Waals surface area (Å²) < 4.78 is 11.3. The highest BCUT2D eigenvalue weighted by atomic mass is 16.5. The third-order valence-electron chi connectivity index (χ3n) is 3.88. The number of carbonyl (C=O) groups is 1. The lowest BCUT2D eigenvalue weighted by Gasteiger charge is -2.09. The molecule has 0 unspecified atom stereocenters. The van der Waals surface area contributed by atoms with Crippen LogP contribution in [0.3, 0.4) is 0 Å². The van der Waals surface area contributed by atoms with Crippen molar-refractivity contribution in [3.8, 4) is 5.75 Å². The lowest BCUT2D eigenvalue weighted by molar-refractivity contribution is 0.112. The minimum Gasteiger partial charge on any atom is -0.489 e. The molecule has 0 aliphatic rings. The van der Waals surface area contributed by atoms with Crippen LogP contribution in [0.4, 0.5) is 0 Å². The maximum absolute atomic E-state index is 11.4. The van der Waals surface area contributed by atoms with Gasteiger partial charge in [0, 0.05) is 0 Å². The third kappa shape index (κ3) is 4.55. The molecule has 25 heavy (non-hydrogen) atoms. The maximum Gasteiger partial charge on any atom is 0.154 e. The predicted octanol–water partition coefficient (Wildman–Crippen LogP) is 4.80. The van der Waals surface area contributed by atoms with Crippen LogP contribution in [0.1, 0.15) is 15.9 Å². The van der Waals surface area contributed by atoms with Crippen molar-refractivity contribution in [1.29, 1.82) is 0 Å². The summed E-state index contributed by atoms with van der Waals surface area (Å²) in [4.78, 5) is 11.4. The fourth-order valence-corrected chi connectivity index (χ4v) is 2.62. The average molecular weight is 332 g/mol. The molecule has 0 aliphatic heterocycles. The van der Waals surface area contributed by atoms with E-state index in [1.165, 1.54) is 0 Å². The summed E-state index contributed by atoms with van der Waals surface area (Å²) in [5, 5.41) is 1.94. The number of fused-ring (bicyclic) bond motifs is 1. The zero-order valence-electron chi connectivity index (χ0n) is 13.9. The van der Waals surface area contributed by atoms with Crippen molar-refractivity contribution in [2.24, 2.45) is 0 Å². The Kier molecular flexibility index (Phi) is 5.96. The van der Waals surface area contributed by atoms with Crippen molar-refractivity contribution in [3.05, 3.63) is 90.0 Å². The Balaban J connectivity index is 1.50. The highest BCUT2D eigenvalue weighted by molar-refractivity contribution is 6.00. The van der Waals surface area contributed by atoms with Crippen molar-refractivity contribution in [2.75, 3.05) is 13.2 Å². The number of hydrogen-bond donors (Lipinski definition) is 0. The molecule has 0 aromatic heterocycles. The van der Waals surface area contributed by atoms with Gasteiger partial charge in [0.15, 0.2) is 6.29 Å². The highest BCUT2D eigenvalue weighted by Crippen LogP contribution is 2.26. The summed E-state index contributed by atoms with van der Waals surface area (Å²) in [5.41, 5.74) is 1.74. The van der Waals surface area contributed by atoms with E-state index in [0.29, 0.717) is 31.1 Å². The van der Waals surface area contributed by atoms with Gasteiger partial charge in [-0.25, -0.2) is 0 Å². The molecule has 3 aromatic rings. The van der Waals surface area contributed by atoms with E-state index in [-0.39, 0.29) is 0 Å². The molecule has 0 spiro atoms. The Morgan fingerprint density at radius 2 is 1.56 bits per heavy atom. The predicted molar refractivity (Wildman–Crippen MR) is 100 cm³/mol. The van der Waals surface area contributed by atoms with E-state index in [1.807, 2.05) is 78.9 Å². The molecule has 126 valence electrons. The Morgan fingerprint density at radius 1 is 0.800 bits per heavy atom. The number of aldehydes is 1. The van der Waals surface area contributed by atoms with Crippen LogP contribution in [0.25, 0.3) is 10.8 Å². The van der Waals surface area contributed by atoms with Crippen LogP contribution < -0.4 is 4.74 Å². The summed E-state index contributed by atoms with van der Waals surface area (Å²) >= 11 is 0. The van der Waals surface area contributed by atoms with Crippen LogP contribution in [0.15, 0.2) is 78.9 Å². The van der Waals surface area contributed by atoms with Crippen LogP contribution in [0.5, 0.6) is 5.75 Å². The first-order valence-electron chi connectivity index (χ1n) is 8.25. The molecule has 3 rings (SSSR count). The highest BCUT2D eigenvalue weighted by Gasteiger charge is 2.07. The van der Waals surface area contributed by atoms with E-state index < -0.39 is 0 Å². The first-order chi connectivity index (χ1) is 12.4. The van der Waals surface area contributed by atoms with Gasteiger partial charge in [-0.15, -0.1) is 0 Å². The quantitative estimate of drug-likeness (QED) is 0.337. The number of rotatable bonds is 8. The van der Waals surface area contributed by atoms with Crippen LogP contribution in [-0.2, 0) is 11.3 Å². The molecule has 0 amide bonds. The topological polar surface area (TPSA) is 35.5 Å². The van der Waals surface area contributed by atoms with Gasteiger partial charge in [0.1, 0.15) is 12.4 Å². The van der Waals surface area contributed by atoms with E-state index in [2.05, 4.69) is 0 Å². The lowest BCUT2D eigenvalue weighted by Crippen LogP contribution is -1.99. The van der Waals surface area contributed by atoms with Gasteiger partial charge in [-0.05, 0) is 28.5 Å². The van der Waals surface area contributed by atoms with Gasteiger partial charge in [-0.3, -0.25) is 4.79 Å². The Labute approximate surface area is 147 Å². The van der Waals surface area contributed by atoms with Crippen molar-refractivity contribution >= 4 is 17.1 Å². The summed E-state index contributed by atoms with van der Waals surface area (Å²) in [7, 11) is 0. The molecule has 0 saturated heterocycles. The van der Waals surface area contributed by atoms with E-state index >= 15 is 0 Å². The monoisotopic (exact) mass is 332 g/mol. The molecule has 3 aromatic carbocycles. The minimum absolute atomic E-state index is 0.397. The molecule has 0 aliphatic carbocycles. The molecular formula is C22H20O3. The van der Waals surface area contributed by atoms with E-state index in [9.17, 15) is 4.79 Å². The Hall–Kier alpha value is -2.91. The second-order valence-electron chi connectivity index (χ2n) is 5.60. The fraction of sp³-hybridized carbons (Fsp3) is 0.136. The molecule has 3 nitrogen and oxygen atoms in total. The van der Waals surface area contributed by atoms with Crippen molar-refractivity contribution in [1.82, 2.24) is 0 Å². The zero-order chi connectivity index (χ0) is 17.3. The van der Waals surface area contributed by atoms with Crippen LogP contribution in [0.2, 0.25) is 0 Å². The first kappa shape index (κ1) is 16.9. The van der Waals surface area contributed by atoms with Gasteiger partial charge in [0.05, 0.1) is 18.8 Å².